The van der Waals surface area contributed by atoms with Gasteiger partial charge in [-0.05, 0) is 60.4 Å². The molecule has 4 heterocycles. The number of hydrogen-bond acceptors (Lipinski definition) is 6. The van der Waals surface area contributed by atoms with E-state index in [0.29, 0.717) is 35.6 Å². The van der Waals surface area contributed by atoms with Crippen molar-refractivity contribution >= 4 is 34.3 Å². The lowest BCUT2D eigenvalue weighted by Gasteiger charge is -2.29. The molecule has 0 saturated carbocycles. The van der Waals surface area contributed by atoms with E-state index < -0.39 is 41.0 Å². The lowest BCUT2D eigenvalue weighted by molar-refractivity contribution is -0.142. The minimum absolute atomic E-state index is 0.133. The molecule has 3 N–H and O–H groups in total. The summed E-state index contributed by atoms with van der Waals surface area (Å²) in [6.45, 7) is 0.133. The summed E-state index contributed by atoms with van der Waals surface area (Å²) in [6, 6.07) is 16.8. The van der Waals surface area contributed by atoms with Gasteiger partial charge in [0.2, 0.25) is 17.7 Å². The Hall–Kier alpha value is -4.70. The van der Waals surface area contributed by atoms with Gasteiger partial charge in [-0.25, -0.2) is 4.39 Å². The fourth-order valence-electron chi connectivity index (χ4n) is 7.04. The first-order valence-corrected chi connectivity index (χ1v) is 13.9. The van der Waals surface area contributed by atoms with Gasteiger partial charge in [-0.2, -0.15) is 0 Å². The van der Waals surface area contributed by atoms with E-state index in [4.69, 9.17) is 9.47 Å². The molecular weight excluding hydrogens is 539 g/mol. The Bertz CT molecular complexity index is 1770. The van der Waals surface area contributed by atoms with Gasteiger partial charge >= 0.3 is 0 Å². The summed E-state index contributed by atoms with van der Waals surface area (Å²) in [5.74, 6) is -2.45. The van der Waals surface area contributed by atoms with Gasteiger partial charge in [0.1, 0.15) is 11.4 Å². The van der Waals surface area contributed by atoms with Crippen LogP contribution in [0.4, 0.5) is 10.1 Å². The fourth-order valence-corrected chi connectivity index (χ4v) is 7.04. The van der Waals surface area contributed by atoms with Crippen LogP contribution >= 0.6 is 0 Å². The summed E-state index contributed by atoms with van der Waals surface area (Å²) in [4.78, 5) is 46.5. The topological polar surface area (TPSA) is 113 Å². The van der Waals surface area contributed by atoms with E-state index in [-0.39, 0.29) is 12.5 Å². The number of ether oxygens (including phenoxy) is 2. The van der Waals surface area contributed by atoms with Gasteiger partial charge in [-0.3, -0.25) is 24.6 Å². The summed E-state index contributed by atoms with van der Waals surface area (Å²) < 4.78 is 25.3. The number of rotatable bonds is 7. The Kier molecular flexibility index (Phi) is 6.05. The zero-order chi connectivity index (χ0) is 29.2. The van der Waals surface area contributed by atoms with Crippen molar-refractivity contribution in [2.24, 2.45) is 11.8 Å². The second-order valence-electron chi connectivity index (χ2n) is 11.0. The average molecular weight is 569 g/mol. The molecule has 3 aliphatic heterocycles. The molecular formula is C32H29FN4O5. The molecule has 3 amide bonds. The van der Waals surface area contributed by atoms with Crippen LogP contribution in [-0.4, -0.2) is 54.4 Å². The Morgan fingerprint density at radius 3 is 2.57 bits per heavy atom. The van der Waals surface area contributed by atoms with Gasteiger partial charge in [0, 0.05) is 40.9 Å². The van der Waals surface area contributed by atoms with Crippen LogP contribution in [0.25, 0.3) is 10.9 Å². The highest BCUT2D eigenvalue weighted by Gasteiger charge is 2.70. The van der Waals surface area contributed by atoms with Crippen molar-refractivity contribution in [1.29, 1.82) is 0 Å². The van der Waals surface area contributed by atoms with E-state index in [1.807, 2.05) is 42.6 Å². The minimum Gasteiger partial charge on any atom is -0.493 e. The molecule has 1 aromatic heterocycles. The highest BCUT2D eigenvalue weighted by Crippen LogP contribution is 2.53. The number of nitrogens with zero attached hydrogens (tertiary/aromatic N) is 1. The number of nitrogens with one attached hydrogen (secondary N) is 3. The molecule has 3 aromatic carbocycles. The van der Waals surface area contributed by atoms with E-state index in [1.165, 1.54) is 23.1 Å². The number of methoxy groups -OCH3 is 2. The zero-order valence-electron chi connectivity index (χ0n) is 23.1. The van der Waals surface area contributed by atoms with Crippen molar-refractivity contribution in [3.05, 3.63) is 89.4 Å². The molecule has 4 aromatic rings. The number of aromatic nitrogens is 1. The zero-order valence-corrected chi connectivity index (χ0v) is 23.1. The van der Waals surface area contributed by atoms with Crippen LogP contribution in [0.2, 0.25) is 0 Å². The Morgan fingerprint density at radius 1 is 0.952 bits per heavy atom. The van der Waals surface area contributed by atoms with Crippen LogP contribution in [0.1, 0.15) is 16.7 Å². The molecule has 42 heavy (non-hydrogen) atoms. The first-order valence-electron chi connectivity index (χ1n) is 13.9. The van der Waals surface area contributed by atoms with Gasteiger partial charge in [-0.15, -0.1) is 0 Å². The van der Waals surface area contributed by atoms with Gasteiger partial charge in [0.05, 0.1) is 26.1 Å². The molecule has 9 nitrogen and oxygen atoms in total. The van der Waals surface area contributed by atoms with E-state index in [9.17, 15) is 18.8 Å². The molecule has 4 atom stereocenters. The third-order valence-corrected chi connectivity index (χ3v) is 8.96. The van der Waals surface area contributed by atoms with E-state index >= 15 is 0 Å². The summed E-state index contributed by atoms with van der Waals surface area (Å²) >= 11 is 0. The van der Waals surface area contributed by atoms with Gasteiger partial charge in [0.25, 0.3) is 0 Å². The largest absolute Gasteiger partial charge is 0.493 e. The van der Waals surface area contributed by atoms with Crippen molar-refractivity contribution in [2.45, 2.75) is 24.4 Å². The molecule has 0 unspecified atom stereocenters. The lowest BCUT2D eigenvalue weighted by atomic mass is 9.76. The van der Waals surface area contributed by atoms with Crippen LogP contribution in [0.15, 0.2) is 66.9 Å². The molecule has 3 aliphatic rings. The number of amides is 3. The molecule has 0 bridgehead atoms. The molecule has 2 saturated heterocycles. The fraction of sp³-hybridized carbons (Fsp3) is 0.281. The first kappa shape index (κ1) is 26.2. The SMILES string of the molecule is COc1ccc(CCN2C(=O)[C@@H]3[C@H](Cc4c[nH]c5ccccc45)N[C@]4(C(=O)Nc5ccc(F)cc54)[C@H]3C2=O)cc1OC. The van der Waals surface area contributed by atoms with Gasteiger partial charge in [-0.1, -0.05) is 24.3 Å². The second kappa shape index (κ2) is 9.70. The number of hydrogen-bond donors (Lipinski definition) is 3. The van der Waals surface area contributed by atoms with Crippen molar-refractivity contribution in [2.75, 3.05) is 26.1 Å². The summed E-state index contributed by atoms with van der Waals surface area (Å²) in [6.07, 6.45) is 2.68. The number of fused-ring (bicyclic) bond motifs is 5. The molecule has 1 spiro atoms. The molecule has 2 fully saturated rings. The molecule has 214 valence electrons. The van der Waals surface area contributed by atoms with E-state index in [2.05, 4.69) is 15.6 Å². The molecule has 7 rings (SSSR count). The quantitative estimate of drug-likeness (QED) is 0.294. The van der Waals surface area contributed by atoms with Crippen LogP contribution in [0.5, 0.6) is 11.5 Å². The van der Waals surface area contributed by atoms with Crippen LogP contribution in [0, 0.1) is 17.7 Å². The maximum absolute atomic E-state index is 14.6. The van der Waals surface area contributed by atoms with Crippen LogP contribution in [0.3, 0.4) is 0 Å². The van der Waals surface area contributed by atoms with Crippen molar-refractivity contribution in [1.82, 2.24) is 15.2 Å². The van der Waals surface area contributed by atoms with Gasteiger partial charge in [0.15, 0.2) is 11.5 Å². The number of H-pyrrole nitrogens is 1. The lowest BCUT2D eigenvalue weighted by Crippen LogP contribution is -2.53. The Labute approximate surface area is 241 Å². The number of halogens is 1. The third-order valence-electron chi connectivity index (χ3n) is 8.96. The number of aromatic amines is 1. The highest BCUT2D eigenvalue weighted by atomic mass is 19.1. The molecule has 10 heteroatoms. The molecule has 0 aliphatic carbocycles. The summed E-state index contributed by atoms with van der Waals surface area (Å²) in [7, 11) is 3.10. The minimum atomic E-state index is -1.57. The van der Waals surface area contributed by atoms with E-state index in [1.54, 1.807) is 20.3 Å². The number of para-hydroxylation sites is 1. The monoisotopic (exact) mass is 568 g/mol. The van der Waals surface area contributed by atoms with E-state index in [0.717, 1.165) is 22.0 Å². The highest BCUT2D eigenvalue weighted by molar-refractivity contribution is 6.15. The smallest absolute Gasteiger partial charge is 0.250 e. The summed E-state index contributed by atoms with van der Waals surface area (Å²) in [5, 5.41) is 7.23. The number of anilines is 1. The average Bonchev–Trinajstić information content (AvgIpc) is 3.71. The number of likely N-dealkylation sites (tertiary alicyclic amines) is 1. The number of carbonyl (C=O) groups is 3. The first-order chi connectivity index (χ1) is 20.3. The Balaban J connectivity index is 1.26. The normalized spacial score (nSPS) is 24.4. The third kappa shape index (κ3) is 3.75. The van der Waals surface area contributed by atoms with Gasteiger partial charge < -0.3 is 19.8 Å². The van der Waals surface area contributed by atoms with Crippen molar-refractivity contribution in [3.63, 3.8) is 0 Å². The van der Waals surface area contributed by atoms with Crippen molar-refractivity contribution in [3.8, 4) is 11.5 Å². The number of imide groups is 1. The Morgan fingerprint density at radius 2 is 1.76 bits per heavy atom. The maximum Gasteiger partial charge on any atom is 0.250 e. The van der Waals surface area contributed by atoms with Crippen molar-refractivity contribution < 1.29 is 28.2 Å². The maximum atomic E-state index is 14.6. The van der Waals surface area contributed by atoms with Crippen LogP contribution < -0.4 is 20.1 Å². The number of benzene rings is 3. The second-order valence-corrected chi connectivity index (χ2v) is 11.0. The summed E-state index contributed by atoms with van der Waals surface area (Å²) in [5.41, 5.74) is 1.99. The molecule has 0 radical (unpaired) electrons. The predicted molar refractivity (Wildman–Crippen MR) is 153 cm³/mol. The standard InChI is InChI=1S/C32H29FN4O5/c1-41-25-10-7-17(13-26(25)42-2)11-12-37-29(38)27-24(14-18-16-34-22-6-4-3-5-20(18)22)36-32(28(27)30(37)39)21-15-19(33)8-9-23(21)35-31(32)40/h3-10,13,15-16,24,27-28,34,36H,11-12,14H2,1-2H3,(H,35,40)/t24-,27+,28+,32-/m0/s1. The van der Waals surface area contributed by atoms with Crippen LogP contribution in [-0.2, 0) is 32.8 Å². The predicted octanol–water partition coefficient (Wildman–Crippen LogP) is 3.53. The number of carbonyl (C=O) groups excluding carboxylic acids is 3.